The second-order valence-electron chi connectivity index (χ2n) is 5.62. The van der Waals surface area contributed by atoms with Gasteiger partial charge in [-0.2, -0.15) is 0 Å². The van der Waals surface area contributed by atoms with Crippen LogP contribution in [0.1, 0.15) is 18.5 Å². The Labute approximate surface area is 125 Å². The largest absolute Gasteiger partial charge is 0.507 e. The van der Waals surface area contributed by atoms with Crippen LogP contribution in [0.5, 0.6) is 5.75 Å². The third-order valence-electron chi connectivity index (χ3n) is 4.36. The van der Waals surface area contributed by atoms with Crippen LogP contribution < -0.4 is 5.73 Å². The summed E-state index contributed by atoms with van der Waals surface area (Å²) in [5.74, 6) is 0.386. The van der Waals surface area contributed by atoms with Gasteiger partial charge < -0.3 is 15.6 Å². The second-order valence-corrected chi connectivity index (χ2v) is 5.62. The molecule has 0 bridgehead atoms. The van der Waals surface area contributed by atoms with Gasteiger partial charge in [0.1, 0.15) is 5.75 Å². The highest BCUT2D eigenvalue weighted by molar-refractivity contribution is 5.89. The Morgan fingerprint density at radius 3 is 2.95 bits per heavy atom. The number of aromatic hydroxyl groups is 1. The number of hydrogen-bond acceptors (Lipinski definition) is 4. The van der Waals surface area contributed by atoms with Gasteiger partial charge in [-0.1, -0.05) is 36.4 Å². The van der Waals surface area contributed by atoms with Gasteiger partial charge in [0.25, 0.3) is 0 Å². The Morgan fingerprint density at radius 1 is 1.33 bits per heavy atom. The summed E-state index contributed by atoms with van der Waals surface area (Å²) in [4.78, 5) is 2.32. The van der Waals surface area contributed by atoms with E-state index in [4.69, 9.17) is 10.5 Å². The fourth-order valence-electron chi connectivity index (χ4n) is 3.04. The molecule has 4 heteroatoms. The van der Waals surface area contributed by atoms with E-state index < -0.39 is 0 Å². The van der Waals surface area contributed by atoms with Crippen LogP contribution in [0.3, 0.4) is 0 Å². The quantitative estimate of drug-likeness (QED) is 0.908. The molecule has 21 heavy (non-hydrogen) atoms. The number of phenols is 1. The molecule has 112 valence electrons. The number of morpholine rings is 1. The Hall–Kier alpha value is -1.62. The minimum atomic E-state index is 0.0869. The van der Waals surface area contributed by atoms with E-state index in [-0.39, 0.29) is 12.1 Å². The van der Waals surface area contributed by atoms with Crippen LogP contribution in [0, 0.1) is 0 Å². The molecule has 2 unspecified atom stereocenters. The van der Waals surface area contributed by atoms with Gasteiger partial charge in [0, 0.05) is 36.6 Å². The third kappa shape index (κ3) is 2.75. The molecule has 0 spiro atoms. The molecule has 3 rings (SSSR count). The maximum Gasteiger partial charge on any atom is 0.128 e. The molecule has 1 heterocycles. The molecule has 1 fully saturated rings. The smallest absolute Gasteiger partial charge is 0.128 e. The van der Waals surface area contributed by atoms with Crippen LogP contribution in [-0.2, 0) is 4.74 Å². The summed E-state index contributed by atoms with van der Waals surface area (Å²) >= 11 is 0. The molecule has 1 aliphatic heterocycles. The molecule has 0 aromatic heterocycles. The summed E-state index contributed by atoms with van der Waals surface area (Å²) in [6.07, 6.45) is 0.0869. The normalized spacial score (nSPS) is 21.5. The number of phenolic OH excluding ortho intramolecular Hbond substituents is 1. The second kappa shape index (κ2) is 6.02. The number of nitrogens with two attached hydrogens (primary N) is 1. The van der Waals surface area contributed by atoms with Crippen LogP contribution >= 0.6 is 0 Å². The number of fused-ring (bicyclic) bond motifs is 1. The topological polar surface area (TPSA) is 58.7 Å². The number of rotatable bonds is 3. The molecule has 0 amide bonds. The fourth-order valence-corrected chi connectivity index (χ4v) is 3.04. The number of hydrogen-bond donors (Lipinski definition) is 2. The predicted octanol–water partition coefficient (Wildman–Crippen LogP) is 2.27. The van der Waals surface area contributed by atoms with E-state index in [1.165, 1.54) is 0 Å². The van der Waals surface area contributed by atoms with E-state index in [9.17, 15) is 5.11 Å². The van der Waals surface area contributed by atoms with E-state index in [2.05, 4.69) is 17.9 Å². The van der Waals surface area contributed by atoms with Crippen LogP contribution in [-0.4, -0.2) is 42.4 Å². The standard InChI is InChI=1S/C17H22N2O2/c1-12(19-8-9-21-14(10-18)11-19)15-7-6-13-4-2-3-5-16(13)17(15)20/h2-7,12,14,20H,8-11,18H2,1H3. The zero-order valence-electron chi connectivity index (χ0n) is 12.3. The molecular weight excluding hydrogens is 264 g/mol. The lowest BCUT2D eigenvalue weighted by molar-refractivity contribution is -0.0366. The lowest BCUT2D eigenvalue weighted by atomic mass is 9.99. The highest BCUT2D eigenvalue weighted by Crippen LogP contribution is 2.35. The van der Waals surface area contributed by atoms with Crippen molar-refractivity contribution >= 4 is 10.8 Å². The highest BCUT2D eigenvalue weighted by Gasteiger charge is 2.25. The van der Waals surface area contributed by atoms with E-state index >= 15 is 0 Å². The third-order valence-corrected chi connectivity index (χ3v) is 4.36. The first-order chi connectivity index (χ1) is 10.2. The monoisotopic (exact) mass is 286 g/mol. The number of nitrogens with zero attached hydrogens (tertiary/aromatic N) is 1. The van der Waals surface area contributed by atoms with Crippen molar-refractivity contribution in [1.82, 2.24) is 4.90 Å². The van der Waals surface area contributed by atoms with Crippen molar-refractivity contribution < 1.29 is 9.84 Å². The molecule has 1 saturated heterocycles. The Bertz CT molecular complexity index is 629. The molecule has 4 nitrogen and oxygen atoms in total. The maximum atomic E-state index is 10.6. The molecule has 0 radical (unpaired) electrons. The minimum absolute atomic E-state index is 0.0869. The summed E-state index contributed by atoms with van der Waals surface area (Å²) < 4.78 is 5.61. The molecule has 2 aromatic rings. The minimum Gasteiger partial charge on any atom is -0.507 e. The summed E-state index contributed by atoms with van der Waals surface area (Å²) in [7, 11) is 0. The summed E-state index contributed by atoms with van der Waals surface area (Å²) in [6, 6.07) is 12.2. The average molecular weight is 286 g/mol. The molecule has 2 atom stereocenters. The van der Waals surface area contributed by atoms with Crippen LogP contribution in [0.4, 0.5) is 0 Å². The Morgan fingerprint density at radius 2 is 2.14 bits per heavy atom. The molecule has 0 aliphatic carbocycles. The first-order valence-corrected chi connectivity index (χ1v) is 7.47. The van der Waals surface area contributed by atoms with E-state index in [1.54, 1.807) is 0 Å². The van der Waals surface area contributed by atoms with Crippen molar-refractivity contribution in [2.24, 2.45) is 5.73 Å². The van der Waals surface area contributed by atoms with Gasteiger partial charge in [0.2, 0.25) is 0 Å². The maximum absolute atomic E-state index is 10.6. The van der Waals surface area contributed by atoms with Gasteiger partial charge in [-0.05, 0) is 12.3 Å². The van der Waals surface area contributed by atoms with Crippen molar-refractivity contribution in [1.29, 1.82) is 0 Å². The van der Waals surface area contributed by atoms with E-state index in [0.29, 0.717) is 18.9 Å². The van der Waals surface area contributed by atoms with Gasteiger partial charge >= 0.3 is 0 Å². The van der Waals surface area contributed by atoms with Crippen LogP contribution in [0.25, 0.3) is 10.8 Å². The summed E-state index contributed by atoms with van der Waals surface area (Å²) in [5, 5.41) is 12.6. The van der Waals surface area contributed by atoms with E-state index in [1.807, 2.05) is 30.3 Å². The first kappa shape index (κ1) is 14.3. The van der Waals surface area contributed by atoms with Gasteiger partial charge in [0.15, 0.2) is 0 Å². The zero-order chi connectivity index (χ0) is 14.8. The van der Waals surface area contributed by atoms with Crippen LogP contribution in [0.2, 0.25) is 0 Å². The van der Waals surface area contributed by atoms with Crippen molar-refractivity contribution in [3.63, 3.8) is 0 Å². The van der Waals surface area contributed by atoms with Crippen LogP contribution in [0.15, 0.2) is 36.4 Å². The predicted molar refractivity (Wildman–Crippen MR) is 84.4 cm³/mol. The van der Waals surface area contributed by atoms with Gasteiger partial charge in [-0.15, -0.1) is 0 Å². The molecule has 1 aliphatic rings. The van der Waals surface area contributed by atoms with Crippen molar-refractivity contribution in [3.05, 3.63) is 42.0 Å². The molecule has 0 saturated carbocycles. The first-order valence-electron chi connectivity index (χ1n) is 7.47. The van der Waals surface area contributed by atoms with Crippen molar-refractivity contribution in [2.45, 2.75) is 19.1 Å². The fraction of sp³-hybridized carbons (Fsp3) is 0.412. The SMILES string of the molecule is CC(c1ccc2ccccc2c1O)N1CCOC(CN)C1. The van der Waals surface area contributed by atoms with Gasteiger partial charge in [-0.3, -0.25) is 4.90 Å². The van der Waals surface area contributed by atoms with Gasteiger partial charge in [0.05, 0.1) is 12.7 Å². The number of benzene rings is 2. The molecular formula is C17H22N2O2. The summed E-state index contributed by atoms with van der Waals surface area (Å²) in [6.45, 7) is 5.03. The Balaban J connectivity index is 1.90. The molecule has 3 N–H and O–H groups in total. The van der Waals surface area contributed by atoms with Crippen molar-refractivity contribution in [2.75, 3.05) is 26.2 Å². The lowest BCUT2D eigenvalue weighted by Crippen LogP contribution is -2.46. The Kier molecular flexibility index (Phi) is 4.10. The summed E-state index contributed by atoms with van der Waals surface area (Å²) in [5.41, 5.74) is 6.67. The zero-order valence-corrected chi connectivity index (χ0v) is 12.3. The number of ether oxygens (including phenoxy) is 1. The van der Waals surface area contributed by atoms with Gasteiger partial charge in [-0.25, -0.2) is 0 Å². The molecule has 2 aromatic carbocycles. The average Bonchev–Trinajstić information content (AvgIpc) is 2.55. The van der Waals surface area contributed by atoms with E-state index in [0.717, 1.165) is 29.4 Å². The highest BCUT2D eigenvalue weighted by atomic mass is 16.5. The van der Waals surface area contributed by atoms with Crippen molar-refractivity contribution in [3.8, 4) is 5.75 Å². The lowest BCUT2D eigenvalue weighted by Gasteiger charge is -2.36.